The van der Waals surface area contributed by atoms with Gasteiger partial charge in [0.25, 0.3) is 0 Å². The van der Waals surface area contributed by atoms with Crippen LogP contribution < -0.4 is 0 Å². The van der Waals surface area contributed by atoms with Crippen LogP contribution in [0.1, 0.15) is 27.0 Å². The second-order valence-corrected chi connectivity index (χ2v) is 3.01. The van der Waals surface area contributed by atoms with Crippen molar-refractivity contribution in [2.24, 2.45) is 0 Å². The van der Waals surface area contributed by atoms with Gasteiger partial charge < -0.3 is 4.74 Å². The van der Waals surface area contributed by atoms with E-state index in [4.69, 9.17) is 10.00 Å². The molecule has 0 saturated carbocycles. The Morgan fingerprint density at radius 1 is 1.54 bits per heavy atom. The molecule has 0 aliphatic carbocycles. The third-order valence-corrected chi connectivity index (χ3v) is 2.15. The fourth-order valence-corrected chi connectivity index (χ4v) is 1.40. The topological polar surface area (TPSA) is 50.1 Å². The zero-order chi connectivity index (χ0) is 9.42. The van der Waals surface area contributed by atoms with Crippen molar-refractivity contribution in [3.05, 3.63) is 34.4 Å². The highest BCUT2D eigenvalue weighted by Crippen LogP contribution is 2.23. The van der Waals surface area contributed by atoms with Crippen LogP contribution >= 0.6 is 0 Å². The Hall–Kier alpha value is -1.82. The number of fused-ring (bicyclic) bond motifs is 1. The molecule has 0 saturated heterocycles. The molecule has 0 unspecified atom stereocenters. The number of nitriles is 1. The molecule has 1 aliphatic heterocycles. The number of hydrogen-bond acceptors (Lipinski definition) is 3. The zero-order valence-corrected chi connectivity index (χ0v) is 7.13. The minimum atomic E-state index is -0.289. The van der Waals surface area contributed by atoms with Crippen LogP contribution in [0.3, 0.4) is 0 Å². The molecule has 64 valence electrons. The molecule has 0 fully saturated rings. The Balaban J connectivity index is 2.65. The standard InChI is InChI=1S/C10H7NO2/c1-6-2-9-8(3-7(6)4-11)5-13-10(9)12/h2-3H,5H2,1H3. The average Bonchev–Trinajstić information content (AvgIpc) is 2.47. The summed E-state index contributed by atoms with van der Waals surface area (Å²) in [4.78, 5) is 11.1. The molecule has 1 aromatic rings. The van der Waals surface area contributed by atoms with Gasteiger partial charge in [-0.05, 0) is 24.6 Å². The molecule has 0 aromatic heterocycles. The first-order chi connectivity index (χ1) is 6.22. The lowest BCUT2D eigenvalue weighted by molar-refractivity contribution is 0.0535. The van der Waals surface area contributed by atoms with Crippen LogP contribution in [0.4, 0.5) is 0 Å². The fourth-order valence-electron chi connectivity index (χ4n) is 1.40. The highest BCUT2D eigenvalue weighted by atomic mass is 16.5. The summed E-state index contributed by atoms with van der Waals surface area (Å²) in [6.45, 7) is 2.10. The van der Waals surface area contributed by atoms with Crippen LogP contribution in [0.25, 0.3) is 0 Å². The van der Waals surface area contributed by atoms with Crippen molar-refractivity contribution < 1.29 is 9.53 Å². The molecule has 0 radical (unpaired) electrons. The van der Waals surface area contributed by atoms with E-state index in [1.807, 2.05) is 6.92 Å². The van der Waals surface area contributed by atoms with Gasteiger partial charge >= 0.3 is 5.97 Å². The summed E-state index contributed by atoms with van der Waals surface area (Å²) >= 11 is 0. The minimum Gasteiger partial charge on any atom is -0.457 e. The van der Waals surface area contributed by atoms with Crippen molar-refractivity contribution in [1.82, 2.24) is 0 Å². The average molecular weight is 173 g/mol. The molecular weight excluding hydrogens is 166 g/mol. The number of carbonyl (C=O) groups excluding carboxylic acids is 1. The van der Waals surface area contributed by atoms with Crippen molar-refractivity contribution in [3.63, 3.8) is 0 Å². The molecule has 0 N–H and O–H groups in total. The number of benzene rings is 1. The molecular formula is C10H7NO2. The Morgan fingerprint density at radius 3 is 3.00 bits per heavy atom. The summed E-state index contributed by atoms with van der Waals surface area (Å²) < 4.78 is 4.83. The number of carbonyl (C=O) groups is 1. The van der Waals surface area contributed by atoms with Gasteiger partial charge in [0.05, 0.1) is 17.2 Å². The van der Waals surface area contributed by atoms with Crippen LogP contribution in [-0.4, -0.2) is 5.97 Å². The number of esters is 1. The number of ether oxygens (including phenoxy) is 1. The molecule has 1 heterocycles. The van der Waals surface area contributed by atoms with E-state index in [-0.39, 0.29) is 5.97 Å². The second-order valence-electron chi connectivity index (χ2n) is 3.01. The zero-order valence-electron chi connectivity index (χ0n) is 7.13. The molecule has 1 aliphatic rings. The van der Waals surface area contributed by atoms with Crippen molar-refractivity contribution in [1.29, 1.82) is 5.26 Å². The van der Waals surface area contributed by atoms with Crippen LogP contribution in [0.15, 0.2) is 12.1 Å². The third kappa shape index (κ3) is 1.07. The number of aryl methyl sites for hydroxylation is 1. The van der Waals surface area contributed by atoms with Crippen LogP contribution in [0, 0.1) is 18.3 Å². The molecule has 13 heavy (non-hydrogen) atoms. The minimum absolute atomic E-state index is 0.289. The first kappa shape index (κ1) is 7.81. The maximum absolute atomic E-state index is 11.1. The second kappa shape index (κ2) is 2.60. The Bertz CT molecular complexity index is 429. The van der Waals surface area contributed by atoms with Crippen molar-refractivity contribution >= 4 is 5.97 Å². The van der Waals surface area contributed by atoms with Gasteiger partial charge in [-0.15, -0.1) is 0 Å². The van der Waals surface area contributed by atoms with Gasteiger partial charge in [0.2, 0.25) is 0 Å². The quantitative estimate of drug-likeness (QED) is 0.559. The predicted molar refractivity (Wildman–Crippen MR) is 45.0 cm³/mol. The van der Waals surface area contributed by atoms with E-state index in [0.29, 0.717) is 17.7 Å². The molecule has 0 spiro atoms. The van der Waals surface area contributed by atoms with Crippen molar-refractivity contribution in [2.45, 2.75) is 13.5 Å². The summed E-state index contributed by atoms with van der Waals surface area (Å²) in [5, 5.41) is 8.74. The normalized spacial score (nSPS) is 13.4. The van der Waals surface area contributed by atoms with E-state index in [0.717, 1.165) is 11.1 Å². The first-order valence-electron chi connectivity index (χ1n) is 3.93. The molecule has 0 atom stereocenters. The summed E-state index contributed by atoms with van der Waals surface area (Å²) in [5.41, 5.74) is 2.83. The van der Waals surface area contributed by atoms with Crippen molar-refractivity contribution in [3.8, 4) is 6.07 Å². The number of cyclic esters (lactones) is 1. The maximum atomic E-state index is 11.1. The van der Waals surface area contributed by atoms with Gasteiger partial charge in [-0.2, -0.15) is 5.26 Å². The van der Waals surface area contributed by atoms with E-state index < -0.39 is 0 Å². The molecule has 3 heteroatoms. The largest absolute Gasteiger partial charge is 0.457 e. The van der Waals surface area contributed by atoms with Crippen LogP contribution in [-0.2, 0) is 11.3 Å². The summed E-state index contributed by atoms with van der Waals surface area (Å²) in [6, 6.07) is 5.50. The lowest BCUT2D eigenvalue weighted by Gasteiger charge is -1.98. The van der Waals surface area contributed by atoms with E-state index >= 15 is 0 Å². The SMILES string of the molecule is Cc1cc2c(cc1C#N)COC2=O. The van der Waals surface area contributed by atoms with Gasteiger partial charge in [0.15, 0.2) is 0 Å². The van der Waals surface area contributed by atoms with E-state index in [9.17, 15) is 4.79 Å². The lowest BCUT2D eigenvalue weighted by Crippen LogP contribution is -1.95. The first-order valence-corrected chi connectivity index (χ1v) is 3.93. The Kier molecular flexibility index (Phi) is 1.56. The summed E-state index contributed by atoms with van der Waals surface area (Å²) in [6.07, 6.45) is 0. The molecule has 3 nitrogen and oxygen atoms in total. The van der Waals surface area contributed by atoms with Crippen LogP contribution in [0.2, 0.25) is 0 Å². The smallest absolute Gasteiger partial charge is 0.338 e. The summed E-state index contributed by atoms with van der Waals surface area (Å²) in [5.74, 6) is -0.289. The summed E-state index contributed by atoms with van der Waals surface area (Å²) in [7, 11) is 0. The van der Waals surface area contributed by atoms with E-state index in [2.05, 4.69) is 6.07 Å². The van der Waals surface area contributed by atoms with Crippen LogP contribution in [0.5, 0.6) is 0 Å². The van der Waals surface area contributed by atoms with Gasteiger partial charge in [0.1, 0.15) is 6.61 Å². The van der Waals surface area contributed by atoms with E-state index in [1.54, 1.807) is 12.1 Å². The number of hydrogen-bond donors (Lipinski definition) is 0. The molecule has 2 rings (SSSR count). The fraction of sp³-hybridized carbons (Fsp3) is 0.200. The van der Waals surface area contributed by atoms with Crippen molar-refractivity contribution in [2.75, 3.05) is 0 Å². The lowest BCUT2D eigenvalue weighted by atomic mass is 10.0. The molecule has 0 bridgehead atoms. The molecule has 1 aromatic carbocycles. The maximum Gasteiger partial charge on any atom is 0.338 e. The Labute approximate surface area is 75.6 Å². The number of rotatable bonds is 0. The highest BCUT2D eigenvalue weighted by molar-refractivity contribution is 5.93. The van der Waals surface area contributed by atoms with Gasteiger partial charge in [0, 0.05) is 5.56 Å². The predicted octanol–water partition coefficient (Wildman–Crippen LogP) is 1.54. The molecule has 0 amide bonds. The number of nitrogens with zero attached hydrogens (tertiary/aromatic N) is 1. The highest BCUT2D eigenvalue weighted by Gasteiger charge is 2.21. The third-order valence-electron chi connectivity index (χ3n) is 2.15. The van der Waals surface area contributed by atoms with E-state index in [1.165, 1.54) is 0 Å². The monoisotopic (exact) mass is 173 g/mol. The van der Waals surface area contributed by atoms with Gasteiger partial charge in [-0.3, -0.25) is 0 Å². The Morgan fingerprint density at radius 2 is 2.31 bits per heavy atom. The van der Waals surface area contributed by atoms with Gasteiger partial charge in [-0.1, -0.05) is 0 Å². The van der Waals surface area contributed by atoms with Gasteiger partial charge in [-0.25, -0.2) is 4.79 Å².